The van der Waals surface area contributed by atoms with Crippen molar-refractivity contribution in [3.63, 3.8) is 0 Å². The molecule has 0 fully saturated rings. The van der Waals surface area contributed by atoms with E-state index in [1.165, 1.54) is 19.2 Å². The van der Waals surface area contributed by atoms with Crippen LogP contribution in [-0.2, 0) is 0 Å². The van der Waals surface area contributed by atoms with Crippen LogP contribution in [0.3, 0.4) is 0 Å². The van der Waals surface area contributed by atoms with Gasteiger partial charge in [-0.3, -0.25) is 4.79 Å². The molecule has 0 aromatic heterocycles. The van der Waals surface area contributed by atoms with E-state index in [0.717, 1.165) is 0 Å². The third-order valence-corrected chi connectivity index (χ3v) is 1.92. The number of aliphatic hydroxyl groups is 1. The van der Waals surface area contributed by atoms with Gasteiger partial charge in [-0.2, -0.15) is 0 Å². The van der Waals surface area contributed by atoms with Gasteiger partial charge in [-0.1, -0.05) is 11.8 Å². The highest BCUT2D eigenvalue weighted by atomic mass is 16.5. The van der Waals surface area contributed by atoms with Gasteiger partial charge < -0.3 is 14.9 Å². The molecule has 0 aliphatic rings. The number of aromatic hydroxyl groups is 1. The fourth-order valence-corrected chi connectivity index (χ4v) is 1.17. The fraction of sp³-hybridized carbons (Fsp3) is 0.250. The Hall–Kier alpha value is -1.99. The number of ether oxygens (including phenoxy) is 1. The van der Waals surface area contributed by atoms with Gasteiger partial charge in [-0.25, -0.2) is 0 Å². The van der Waals surface area contributed by atoms with Gasteiger partial charge in [0.25, 0.3) is 0 Å². The summed E-state index contributed by atoms with van der Waals surface area (Å²) in [6, 6.07) is 3.00. The summed E-state index contributed by atoms with van der Waals surface area (Å²) in [7, 11) is 1.40. The molecule has 2 N–H and O–H groups in total. The summed E-state index contributed by atoms with van der Waals surface area (Å²) < 4.78 is 4.91. The van der Waals surface area contributed by atoms with Crippen LogP contribution in [0.25, 0.3) is 0 Å². The van der Waals surface area contributed by atoms with E-state index in [-0.39, 0.29) is 23.7 Å². The maximum Gasteiger partial charge on any atom is 0.168 e. The van der Waals surface area contributed by atoms with Gasteiger partial charge in [-0.15, -0.1) is 0 Å². The molecular formula is C12H12O4. The molecule has 0 atom stereocenters. The van der Waals surface area contributed by atoms with E-state index in [2.05, 4.69) is 11.8 Å². The molecular weight excluding hydrogens is 208 g/mol. The maximum absolute atomic E-state index is 10.7. The minimum Gasteiger partial charge on any atom is -0.504 e. The van der Waals surface area contributed by atoms with E-state index in [4.69, 9.17) is 9.84 Å². The van der Waals surface area contributed by atoms with E-state index in [0.29, 0.717) is 18.3 Å². The van der Waals surface area contributed by atoms with Crippen LogP contribution in [0.1, 0.15) is 22.3 Å². The average molecular weight is 220 g/mol. The number of phenolic OH excluding ortho intramolecular Hbond substituents is 1. The Morgan fingerprint density at radius 2 is 2.25 bits per heavy atom. The molecule has 0 spiro atoms. The van der Waals surface area contributed by atoms with Crippen LogP contribution in [-0.4, -0.2) is 30.2 Å². The van der Waals surface area contributed by atoms with Crippen LogP contribution < -0.4 is 4.74 Å². The van der Waals surface area contributed by atoms with Gasteiger partial charge in [0.2, 0.25) is 0 Å². The standard InChI is InChI=1S/C12H12O4/c1-16-11-7-9(4-2-3-5-13)6-10(8-14)12(11)15/h6-8,13,15H,3,5H2,1H3. The summed E-state index contributed by atoms with van der Waals surface area (Å²) in [5.41, 5.74) is 0.692. The van der Waals surface area contributed by atoms with Crippen LogP contribution in [0.4, 0.5) is 0 Å². The summed E-state index contributed by atoms with van der Waals surface area (Å²) >= 11 is 0. The van der Waals surface area contributed by atoms with E-state index in [1.807, 2.05) is 0 Å². The number of benzene rings is 1. The first-order valence-corrected chi connectivity index (χ1v) is 4.68. The van der Waals surface area contributed by atoms with Crippen molar-refractivity contribution >= 4 is 6.29 Å². The lowest BCUT2D eigenvalue weighted by atomic mass is 10.1. The number of hydrogen-bond acceptors (Lipinski definition) is 4. The second-order valence-electron chi connectivity index (χ2n) is 3.01. The molecule has 1 rings (SSSR count). The Balaban J connectivity index is 3.13. The fourth-order valence-electron chi connectivity index (χ4n) is 1.17. The summed E-state index contributed by atoms with van der Waals surface area (Å²) in [6.07, 6.45) is 0.898. The molecule has 0 amide bonds. The van der Waals surface area contributed by atoms with Crippen LogP contribution >= 0.6 is 0 Å². The van der Waals surface area contributed by atoms with Crippen molar-refractivity contribution in [2.75, 3.05) is 13.7 Å². The Kier molecular flexibility index (Phi) is 4.37. The van der Waals surface area contributed by atoms with Crippen molar-refractivity contribution in [3.8, 4) is 23.3 Å². The van der Waals surface area contributed by atoms with Crippen molar-refractivity contribution in [3.05, 3.63) is 23.3 Å². The minimum atomic E-state index is -0.190. The third kappa shape index (κ3) is 2.75. The molecule has 16 heavy (non-hydrogen) atoms. The predicted molar refractivity (Wildman–Crippen MR) is 58.6 cm³/mol. The van der Waals surface area contributed by atoms with E-state index >= 15 is 0 Å². The number of aldehydes is 1. The van der Waals surface area contributed by atoms with Crippen molar-refractivity contribution in [1.82, 2.24) is 0 Å². The lowest BCUT2D eigenvalue weighted by Crippen LogP contribution is -1.90. The lowest BCUT2D eigenvalue weighted by Gasteiger charge is -2.05. The number of carbonyl (C=O) groups excluding carboxylic acids is 1. The summed E-state index contributed by atoms with van der Waals surface area (Å²) in [6.45, 7) is -0.0112. The first-order valence-electron chi connectivity index (χ1n) is 4.68. The van der Waals surface area contributed by atoms with Gasteiger partial charge in [0.05, 0.1) is 19.3 Å². The normalized spacial score (nSPS) is 9.12. The quantitative estimate of drug-likeness (QED) is 0.588. The molecule has 0 aliphatic carbocycles. The highest BCUT2D eigenvalue weighted by Crippen LogP contribution is 2.29. The zero-order chi connectivity index (χ0) is 12.0. The zero-order valence-electron chi connectivity index (χ0n) is 8.86. The third-order valence-electron chi connectivity index (χ3n) is 1.92. The highest BCUT2D eigenvalue weighted by molar-refractivity contribution is 5.82. The maximum atomic E-state index is 10.7. The molecule has 0 unspecified atom stereocenters. The molecule has 0 heterocycles. The minimum absolute atomic E-state index is 0.0112. The van der Waals surface area contributed by atoms with Gasteiger partial charge >= 0.3 is 0 Å². The van der Waals surface area contributed by atoms with Crippen molar-refractivity contribution < 1.29 is 19.7 Å². The highest BCUT2D eigenvalue weighted by Gasteiger charge is 2.08. The molecule has 0 saturated carbocycles. The number of aliphatic hydroxyl groups excluding tert-OH is 1. The van der Waals surface area contributed by atoms with Gasteiger partial charge in [0.15, 0.2) is 17.8 Å². The first kappa shape index (κ1) is 12.1. The smallest absolute Gasteiger partial charge is 0.168 e. The Bertz CT molecular complexity index is 440. The van der Waals surface area contributed by atoms with Gasteiger partial charge in [-0.05, 0) is 12.1 Å². The zero-order valence-corrected chi connectivity index (χ0v) is 8.86. The number of rotatable bonds is 3. The van der Waals surface area contributed by atoms with Gasteiger partial charge in [0, 0.05) is 12.0 Å². The molecule has 0 saturated heterocycles. The van der Waals surface area contributed by atoms with E-state index < -0.39 is 0 Å². The van der Waals surface area contributed by atoms with Crippen LogP contribution in [0.15, 0.2) is 12.1 Å². The molecule has 0 aliphatic heterocycles. The topological polar surface area (TPSA) is 66.8 Å². The van der Waals surface area contributed by atoms with Crippen molar-refractivity contribution in [2.45, 2.75) is 6.42 Å². The summed E-state index contributed by atoms with van der Waals surface area (Å²) in [4.78, 5) is 10.7. The second-order valence-corrected chi connectivity index (χ2v) is 3.01. The van der Waals surface area contributed by atoms with E-state index in [9.17, 15) is 9.90 Å². The van der Waals surface area contributed by atoms with Crippen LogP contribution in [0, 0.1) is 11.8 Å². The molecule has 1 aromatic rings. The SMILES string of the molecule is COc1cc(C#CCCO)cc(C=O)c1O. The molecule has 0 bridgehead atoms. The summed E-state index contributed by atoms with van der Waals surface area (Å²) in [5, 5.41) is 18.1. The Labute approximate surface area is 93.5 Å². The first-order chi connectivity index (χ1) is 7.72. The number of phenols is 1. The number of hydrogen-bond donors (Lipinski definition) is 2. The Morgan fingerprint density at radius 3 is 2.81 bits per heavy atom. The molecule has 4 heteroatoms. The van der Waals surface area contributed by atoms with Crippen molar-refractivity contribution in [2.24, 2.45) is 0 Å². The average Bonchev–Trinajstić information content (AvgIpc) is 2.31. The second kappa shape index (κ2) is 5.79. The van der Waals surface area contributed by atoms with Crippen LogP contribution in [0.5, 0.6) is 11.5 Å². The molecule has 0 radical (unpaired) electrons. The molecule has 84 valence electrons. The largest absolute Gasteiger partial charge is 0.504 e. The van der Waals surface area contributed by atoms with Crippen LogP contribution in [0.2, 0.25) is 0 Å². The predicted octanol–water partition coefficient (Wildman–Crippen LogP) is 0.947. The molecule has 4 nitrogen and oxygen atoms in total. The summed E-state index contributed by atoms with van der Waals surface area (Å²) in [5.74, 6) is 5.50. The number of carbonyl (C=O) groups is 1. The van der Waals surface area contributed by atoms with Crippen molar-refractivity contribution in [1.29, 1.82) is 0 Å². The Morgan fingerprint density at radius 1 is 1.50 bits per heavy atom. The number of methoxy groups -OCH3 is 1. The van der Waals surface area contributed by atoms with Gasteiger partial charge in [0.1, 0.15) is 0 Å². The monoisotopic (exact) mass is 220 g/mol. The van der Waals surface area contributed by atoms with E-state index in [1.54, 1.807) is 0 Å². The lowest BCUT2D eigenvalue weighted by molar-refractivity contribution is 0.112. The molecule has 1 aromatic carbocycles.